The lowest BCUT2D eigenvalue weighted by atomic mass is 9.95. The Labute approximate surface area is 213 Å². The number of ether oxygens (including phenoxy) is 1. The van der Waals surface area contributed by atoms with E-state index in [1.54, 1.807) is 34.7 Å². The third kappa shape index (κ3) is 4.67. The molecule has 3 atom stereocenters. The molecule has 2 aliphatic rings. The third-order valence-corrected chi connectivity index (χ3v) is 7.65. The van der Waals surface area contributed by atoms with E-state index in [0.717, 1.165) is 16.6 Å². The van der Waals surface area contributed by atoms with Crippen LogP contribution in [0.1, 0.15) is 45.6 Å². The first-order valence-electron chi connectivity index (χ1n) is 11.2. The maximum Gasteiger partial charge on any atom is 0.416 e. The van der Waals surface area contributed by atoms with Crippen molar-refractivity contribution in [3.63, 3.8) is 0 Å². The van der Waals surface area contributed by atoms with Gasteiger partial charge in [0.2, 0.25) is 5.91 Å². The second kappa shape index (κ2) is 9.40. The van der Waals surface area contributed by atoms with E-state index in [-0.39, 0.29) is 17.2 Å². The van der Waals surface area contributed by atoms with Crippen molar-refractivity contribution in [3.05, 3.63) is 80.3 Å². The number of alkyl halides is 3. The molecule has 0 radical (unpaired) electrons. The minimum Gasteiger partial charge on any atom is -0.482 e. The number of hydrogen-bond donors (Lipinski definition) is 1. The molecule has 1 fully saturated rings. The number of carboxylic acid groups (broad SMARTS) is 1. The first-order chi connectivity index (χ1) is 17.1. The molecule has 1 aliphatic carbocycles. The number of aliphatic carboxylic acids is 1. The molecule has 0 spiro atoms. The number of carbonyl (C=O) groups is 2. The molecular weight excluding hydrogens is 517 g/mol. The van der Waals surface area contributed by atoms with Gasteiger partial charge in [-0.3, -0.25) is 4.79 Å². The summed E-state index contributed by atoms with van der Waals surface area (Å²) in [6.45, 7) is -0.265. The predicted molar refractivity (Wildman–Crippen MR) is 126 cm³/mol. The third-order valence-electron chi connectivity index (χ3n) is 6.50. The van der Waals surface area contributed by atoms with Gasteiger partial charge in [-0.1, -0.05) is 29.8 Å². The van der Waals surface area contributed by atoms with Crippen LogP contribution in [0.5, 0.6) is 5.75 Å². The van der Waals surface area contributed by atoms with Crippen LogP contribution in [0.25, 0.3) is 0 Å². The van der Waals surface area contributed by atoms with Crippen LogP contribution in [0.3, 0.4) is 0 Å². The molecule has 36 heavy (non-hydrogen) atoms. The largest absolute Gasteiger partial charge is 0.482 e. The number of hydrogen-bond acceptors (Lipinski definition) is 5. The van der Waals surface area contributed by atoms with E-state index in [1.165, 1.54) is 23.5 Å². The molecule has 188 valence electrons. The topological polar surface area (TPSA) is 79.7 Å². The highest BCUT2D eigenvalue weighted by atomic mass is 35.5. The van der Waals surface area contributed by atoms with Crippen molar-refractivity contribution in [1.82, 2.24) is 9.88 Å². The molecule has 1 aromatic heterocycles. The number of halogens is 4. The molecular formula is C25H20ClF3N2O4S. The van der Waals surface area contributed by atoms with Crippen LogP contribution in [-0.4, -0.2) is 40.0 Å². The van der Waals surface area contributed by atoms with E-state index in [4.69, 9.17) is 21.4 Å². The first-order valence-corrected chi connectivity index (χ1v) is 12.4. The molecule has 1 amide bonds. The smallest absolute Gasteiger partial charge is 0.416 e. The van der Waals surface area contributed by atoms with Gasteiger partial charge in [-0.05, 0) is 42.2 Å². The highest BCUT2D eigenvalue weighted by Crippen LogP contribution is 2.53. The van der Waals surface area contributed by atoms with E-state index in [9.17, 15) is 22.8 Å². The minimum atomic E-state index is -4.50. The number of fused-ring (bicyclic) bond motifs is 1. The number of thiazole rings is 1. The van der Waals surface area contributed by atoms with Crippen molar-refractivity contribution in [2.24, 2.45) is 5.92 Å². The van der Waals surface area contributed by atoms with E-state index in [1.807, 2.05) is 0 Å². The zero-order valence-corrected chi connectivity index (χ0v) is 20.2. The van der Waals surface area contributed by atoms with Gasteiger partial charge in [0.15, 0.2) is 6.61 Å². The van der Waals surface area contributed by atoms with Crippen LogP contribution in [0, 0.1) is 5.92 Å². The molecule has 0 saturated heterocycles. The maximum absolute atomic E-state index is 13.7. The van der Waals surface area contributed by atoms with Gasteiger partial charge in [0.1, 0.15) is 5.75 Å². The number of aromatic nitrogens is 1. The average Bonchev–Trinajstić information content (AvgIpc) is 3.49. The van der Waals surface area contributed by atoms with Gasteiger partial charge in [-0.2, -0.15) is 13.2 Å². The van der Waals surface area contributed by atoms with Crippen molar-refractivity contribution in [2.75, 3.05) is 13.2 Å². The molecule has 5 rings (SSSR count). The van der Waals surface area contributed by atoms with Gasteiger partial charge >= 0.3 is 12.1 Å². The summed E-state index contributed by atoms with van der Waals surface area (Å²) in [5.74, 6) is -2.27. The van der Waals surface area contributed by atoms with E-state index < -0.39 is 42.2 Å². The quantitative estimate of drug-likeness (QED) is 0.446. The van der Waals surface area contributed by atoms with Crippen LogP contribution < -0.4 is 4.74 Å². The van der Waals surface area contributed by atoms with Crippen LogP contribution in [-0.2, 0) is 22.2 Å². The number of amides is 1. The summed E-state index contributed by atoms with van der Waals surface area (Å²) in [4.78, 5) is 31.7. The SMILES string of the molecule is O=C(O)COc1ccc(Cl)cc1[C@@H]1c2scnc2CCN1C(=O)[C@H]1C[C@@H]1c1ccccc1C(F)(F)F. The second-order valence-electron chi connectivity index (χ2n) is 8.75. The fraction of sp³-hybridized carbons (Fsp3) is 0.320. The summed E-state index contributed by atoms with van der Waals surface area (Å²) in [5.41, 5.74) is 2.41. The summed E-state index contributed by atoms with van der Waals surface area (Å²) < 4.78 is 46.2. The Balaban J connectivity index is 1.49. The van der Waals surface area contributed by atoms with Crippen LogP contribution in [0.2, 0.25) is 5.02 Å². The van der Waals surface area contributed by atoms with Gasteiger partial charge in [-0.15, -0.1) is 11.3 Å². The van der Waals surface area contributed by atoms with E-state index >= 15 is 0 Å². The molecule has 2 heterocycles. The summed E-state index contributed by atoms with van der Waals surface area (Å²) in [5, 5.41) is 9.47. The Bertz CT molecular complexity index is 1330. The van der Waals surface area contributed by atoms with Crippen molar-refractivity contribution in [2.45, 2.75) is 31.0 Å². The van der Waals surface area contributed by atoms with Crippen molar-refractivity contribution >= 4 is 34.8 Å². The first kappa shape index (κ1) is 24.6. The zero-order chi connectivity index (χ0) is 25.6. The van der Waals surface area contributed by atoms with Crippen molar-refractivity contribution in [3.8, 4) is 5.75 Å². The number of carbonyl (C=O) groups excluding carboxylic acids is 1. The number of benzene rings is 2. The molecule has 11 heteroatoms. The van der Waals surface area contributed by atoms with Gasteiger partial charge in [0.05, 0.1) is 27.7 Å². The number of rotatable bonds is 6. The molecule has 2 aromatic carbocycles. The van der Waals surface area contributed by atoms with E-state index in [0.29, 0.717) is 30.0 Å². The van der Waals surface area contributed by atoms with Gasteiger partial charge in [0, 0.05) is 29.5 Å². The highest BCUT2D eigenvalue weighted by molar-refractivity contribution is 7.09. The molecule has 6 nitrogen and oxygen atoms in total. The molecule has 1 aliphatic heterocycles. The number of nitrogens with zero attached hydrogens (tertiary/aromatic N) is 2. The van der Waals surface area contributed by atoms with Gasteiger partial charge in [-0.25, -0.2) is 9.78 Å². The Hall–Kier alpha value is -3.11. The standard InChI is InChI=1S/C25H20ClF3N2O4S/c26-13-5-6-20(35-11-21(32)33)17(9-13)22-23-19(30-12-36-23)7-8-31(22)24(34)16-10-15(16)14-3-1-2-4-18(14)25(27,28)29/h1-6,9,12,15-16,22H,7-8,10-11H2,(H,32,33)/t15-,16+,22-/m1/s1. The normalized spacial score (nSPS) is 21.1. The molecule has 3 aromatic rings. The lowest BCUT2D eigenvalue weighted by molar-refractivity contribution is -0.139. The summed E-state index contributed by atoms with van der Waals surface area (Å²) >= 11 is 7.63. The summed E-state index contributed by atoms with van der Waals surface area (Å²) in [6.07, 6.45) is -3.68. The number of carboxylic acids is 1. The second-order valence-corrected chi connectivity index (χ2v) is 10.1. The minimum absolute atomic E-state index is 0.128. The molecule has 1 saturated carbocycles. The van der Waals surface area contributed by atoms with Crippen LogP contribution in [0.4, 0.5) is 13.2 Å². The Morgan fingerprint density at radius 3 is 2.72 bits per heavy atom. The summed E-state index contributed by atoms with van der Waals surface area (Å²) in [7, 11) is 0. The molecule has 0 unspecified atom stereocenters. The van der Waals surface area contributed by atoms with Crippen molar-refractivity contribution < 1.29 is 32.6 Å². The Kier molecular flexibility index (Phi) is 6.42. The average molecular weight is 537 g/mol. The van der Waals surface area contributed by atoms with Crippen LogP contribution >= 0.6 is 22.9 Å². The monoisotopic (exact) mass is 536 g/mol. The van der Waals surface area contributed by atoms with Gasteiger partial charge < -0.3 is 14.7 Å². The lowest BCUT2D eigenvalue weighted by Gasteiger charge is -2.36. The predicted octanol–water partition coefficient (Wildman–Crippen LogP) is 5.56. The molecule has 1 N–H and O–H groups in total. The fourth-order valence-corrected chi connectivity index (χ4v) is 5.99. The van der Waals surface area contributed by atoms with Gasteiger partial charge in [0.25, 0.3) is 0 Å². The highest BCUT2D eigenvalue weighted by Gasteiger charge is 2.51. The zero-order valence-electron chi connectivity index (χ0n) is 18.7. The van der Waals surface area contributed by atoms with Crippen LogP contribution in [0.15, 0.2) is 48.0 Å². The van der Waals surface area contributed by atoms with Crippen molar-refractivity contribution in [1.29, 1.82) is 0 Å². The summed E-state index contributed by atoms with van der Waals surface area (Å²) in [6, 6.07) is 9.47. The Morgan fingerprint density at radius 2 is 1.97 bits per heavy atom. The Morgan fingerprint density at radius 1 is 1.19 bits per heavy atom. The maximum atomic E-state index is 13.7. The lowest BCUT2D eigenvalue weighted by Crippen LogP contribution is -2.41. The fourth-order valence-electron chi connectivity index (χ4n) is 4.84. The molecule has 0 bridgehead atoms. The van der Waals surface area contributed by atoms with E-state index in [2.05, 4.69) is 4.98 Å².